The molecule has 18 heavy (non-hydrogen) atoms. The van der Waals surface area contributed by atoms with Crippen molar-refractivity contribution in [1.82, 2.24) is 4.98 Å². The lowest BCUT2D eigenvalue weighted by atomic mass is 10.0. The standard InChI is InChI=1S/C15H14N2O/c1-9-11-5-3-4-6-14(11)17-15-12(9)7-10(18-2)8-13(15)16/h3-8H,16H2,1-2H3. The van der Waals surface area contributed by atoms with Crippen LogP contribution in [0.1, 0.15) is 5.56 Å². The molecule has 2 N–H and O–H groups in total. The molecule has 0 fully saturated rings. The normalized spacial score (nSPS) is 11.0. The highest BCUT2D eigenvalue weighted by atomic mass is 16.5. The van der Waals surface area contributed by atoms with Gasteiger partial charge in [-0.2, -0.15) is 0 Å². The quantitative estimate of drug-likeness (QED) is 0.522. The summed E-state index contributed by atoms with van der Waals surface area (Å²) in [5.74, 6) is 0.764. The van der Waals surface area contributed by atoms with E-state index in [1.165, 1.54) is 5.56 Å². The van der Waals surface area contributed by atoms with Crippen LogP contribution in [0.5, 0.6) is 5.75 Å². The van der Waals surface area contributed by atoms with Gasteiger partial charge in [-0.3, -0.25) is 0 Å². The number of ether oxygens (including phenoxy) is 1. The number of methoxy groups -OCH3 is 1. The number of anilines is 1. The summed E-state index contributed by atoms with van der Waals surface area (Å²) in [6.45, 7) is 2.09. The van der Waals surface area contributed by atoms with Crippen LogP contribution in [0.25, 0.3) is 21.8 Å². The van der Waals surface area contributed by atoms with Gasteiger partial charge in [-0.15, -0.1) is 0 Å². The lowest BCUT2D eigenvalue weighted by molar-refractivity contribution is 0.415. The van der Waals surface area contributed by atoms with Gasteiger partial charge >= 0.3 is 0 Å². The van der Waals surface area contributed by atoms with Crippen molar-refractivity contribution < 1.29 is 4.74 Å². The fourth-order valence-corrected chi connectivity index (χ4v) is 2.31. The van der Waals surface area contributed by atoms with E-state index < -0.39 is 0 Å². The highest BCUT2D eigenvalue weighted by molar-refractivity contribution is 6.02. The molecule has 0 spiro atoms. The number of pyridine rings is 1. The van der Waals surface area contributed by atoms with Crippen molar-refractivity contribution >= 4 is 27.5 Å². The number of para-hydroxylation sites is 1. The molecule has 0 aliphatic heterocycles. The van der Waals surface area contributed by atoms with Crippen molar-refractivity contribution in [3.05, 3.63) is 42.0 Å². The fourth-order valence-electron chi connectivity index (χ4n) is 2.31. The Bertz CT molecular complexity index is 750. The average molecular weight is 238 g/mol. The van der Waals surface area contributed by atoms with Crippen LogP contribution in [0.15, 0.2) is 36.4 Å². The molecule has 0 aliphatic rings. The van der Waals surface area contributed by atoms with Crippen LogP contribution in [-0.2, 0) is 0 Å². The summed E-state index contributed by atoms with van der Waals surface area (Å²) in [5, 5.41) is 2.20. The van der Waals surface area contributed by atoms with Crippen LogP contribution < -0.4 is 10.5 Å². The molecule has 3 heteroatoms. The molecule has 3 nitrogen and oxygen atoms in total. The molecule has 0 unspecified atom stereocenters. The van der Waals surface area contributed by atoms with Gasteiger partial charge in [-0.05, 0) is 24.6 Å². The molecule has 90 valence electrons. The van der Waals surface area contributed by atoms with Gasteiger partial charge in [0.15, 0.2) is 0 Å². The zero-order valence-corrected chi connectivity index (χ0v) is 10.4. The van der Waals surface area contributed by atoms with Gasteiger partial charge in [0.1, 0.15) is 5.75 Å². The number of rotatable bonds is 1. The third-order valence-electron chi connectivity index (χ3n) is 3.29. The number of nitrogens with two attached hydrogens (primary N) is 1. The highest BCUT2D eigenvalue weighted by Gasteiger charge is 2.09. The molecule has 1 aromatic heterocycles. The molecule has 0 saturated carbocycles. The van der Waals surface area contributed by atoms with Crippen molar-refractivity contribution in [2.75, 3.05) is 12.8 Å². The number of aromatic nitrogens is 1. The third kappa shape index (κ3) is 1.48. The van der Waals surface area contributed by atoms with Gasteiger partial charge in [0.2, 0.25) is 0 Å². The van der Waals surface area contributed by atoms with Crippen molar-refractivity contribution in [3.8, 4) is 5.75 Å². The smallest absolute Gasteiger partial charge is 0.121 e. The van der Waals surface area contributed by atoms with Crippen molar-refractivity contribution in [2.45, 2.75) is 6.92 Å². The molecule has 0 bridgehead atoms. The second kappa shape index (κ2) is 3.88. The second-order valence-corrected chi connectivity index (χ2v) is 4.37. The summed E-state index contributed by atoms with van der Waals surface area (Å²) < 4.78 is 5.26. The molecule has 1 heterocycles. The molecule has 0 radical (unpaired) electrons. The zero-order valence-electron chi connectivity index (χ0n) is 10.4. The minimum Gasteiger partial charge on any atom is -0.497 e. The van der Waals surface area contributed by atoms with Crippen LogP contribution in [0.3, 0.4) is 0 Å². The van der Waals surface area contributed by atoms with E-state index in [0.717, 1.165) is 27.6 Å². The van der Waals surface area contributed by atoms with E-state index in [-0.39, 0.29) is 0 Å². The lowest BCUT2D eigenvalue weighted by Gasteiger charge is -2.10. The first-order valence-electron chi connectivity index (χ1n) is 5.83. The Morgan fingerprint density at radius 2 is 1.89 bits per heavy atom. The molecular weight excluding hydrogens is 224 g/mol. The van der Waals surface area contributed by atoms with Crippen LogP contribution in [0, 0.1) is 6.92 Å². The maximum Gasteiger partial charge on any atom is 0.121 e. The SMILES string of the molecule is COc1cc(N)c2nc3ccccc3c(C)c2c1. The van der Waals surface area contributed by atoms with E-state index in [9.17, 15) is 0 Å². The Morgan fingerprint density at radius 1 is 1.11 bits per heavy atom. The van der Waals surface area contributed by atoms with Gasteiger partial charge in [0.25, 0.3) is 0 Å². The van der Waals surface area contributed by atoms with Crippen molar-refractivity contribution in [1.29, 1.82) is 0 Å². The Morgan fingerprint density at radius 3 is 2.67 bits per heavy atom. The van der Waals surface area contributed by atoms with Crippen LogP contribution in [-0.4, -0.2) is 12.1 Å². The predicted octanol–water partition coefficient (Wildman–Crippen LogP) is 3.29. The van der Waals surface area contributed by atoms with Gasteiger partial charge in [0.05, 0.1) is 23.8 Å². The summed E-state index contributed by atoms with van der Waals surface area (Å²) in [6, 6.07) is 11.9. The summed E-state index contributed by atoms with van der Waals surface area (Å²) in [6.07, 6.45) is 0. The minimum atomic E-state index is 0.651. The summed E-state index contributed by atoms with van der Waals surface area (Å²) in [4.78, 5) is 4.63. The van der Waals surface area contributed by atoms with E-state index in [1.807, 2.05) is 30.3 Å². The highest BCUT2D eigenvalue weighted by Crippen LogP contribution is 2.31. The molecule has 3 aromatic rings. The molecule has 0 saturated heterocycles. The fraction of sp³-hybridized carbons (Fsp3) is 0.133. The number of fused-ring (bicyclic) bond motifs is 2. The summed E-state index contributed by atoms with van der Waals surface area (Å²) in [5.41, 5.74) is 9.69. The van der Waals surface area contributed by atoms with Crippen molar-refractivity contribution in [3.63, 3.8) is 0 Å². The number of hydrogen-bond donors (Lipinski definition) is 1. The zero-order chi connectivity index (χ0) is 12.7. The largest absolute Gasteiger partial charge is 0.497 e. The van der Waals surface area contributed by atoms with Crippen LogP contribution in [0.2, 0.25) is 0 Å². The van der Waals surface area contributed by atoms with E-state index in [2.05, 4.69) is 18.0 Å². The monoisotopic (exact) mass is 238 g/mol. The first-order valence-corrected chi connectivity index (χ1v) is 5.83. The van der Waals surface area contributed by atoms with E-state index in [1.54, 1.807) is 7.11 Å². The molecular formula is C15H14N2O. The predicted molar refractivity (Wildman–Crippen MR) is 75.0 cm³/mol. The minimum absolute atomic E-state index is 0.651. The number of nitrogen functional groups attached to an aromatic ring is 1. The van der Waals surface area contributed by atoms with Crippen LogP contribution in [0.4, 0.5) is 5.69 Å². The third-order valence-corrected chi connectivity index (χ3v) is 3.29. The first-order chi connectivity index (χ1) is 8.70. The van der Waals surface area contributed by atoms with Crippen molar-refractivity contribution in [2.24, 2.45) is 0 Å². The van der Waals surface area contributed by atoms with E-state index >= 15 is 0 Å². The average Bonchev–Trinajstić information content (AvgIpc) is 2.40. The number of benzene rings is 2. The Hall–Kier alpha value is -2.29. The number of aryl methyl sites for hydroxylation is 1. The maximum atomic E-state index is 6.05. The Balaban J connectivity index is 2.51. The molecule has 0 aliphatic carbocycles. The number of hydrogen-bond acceptors (Lipinski definition) is 3. The summed E-state index contributed by atoms with van der Waals surface area (Å²) >= 11 is 0. The molecule has 0 amide bonds. The Kier molecular flexibility index (Phi) is 2.33. The molecule has 2 aromatic carbocycles. The van der Waals surface area contributed by atoms with E-state index in [0.29, 0.717) is 5.69 Å². The lowest BCUT2D eigenvalue weighted by Crippen LogP contribution is -1.95. The first kappa shape index (κ1) is 10.8. The van der Waals surface area contributed by atoms with Gasteiger partial charge < -0.3 is 10.5 Å². The van der Waals surface area contributed by atoms with Crippen LogP contribution >= 0.6 is 0 Å². The topological polar surface area (TPSA) is 48.1 Å². The molecule has 3 rings (SSSR count). The maximum absolute atomic E-state index is 6.05. The van der Waals surface area contributed by atoms with Gasteiger partial charge in [-0.1, -0.05) is 18.2 Å². The Labute approximate surface area is 105 Å². The van der Waals surface area contributed by atoms with Gasteiger partial charge in [0, 0.05) is 16.8 Å². The summed E-state index contributed by atoms with van der Waals surface area (Å²) in [7, 11) is 1.64. The molecule has 0 atom stereocenters. The number of nitrogens with zero attached hydrogens (tertiary/aromatic N) is 1. The van der Waals surface area contributed by atoms with Gasteiger partial charge in [-0.25, -0.2) is 4.98 Å². The van der Waals surface area contributed by atoms with E-state index in [4.69, 9.17) is 10.5 Å². The second-order valence-electron chi connectivity index (χ2n) is 4.37.